The third-order valence-corrected chi connectivity index (χ3v) is 5.39. The first-order valence-corrected chi connectivity index (χ1v) is 8.97. The summed E-state index contributed by atoms with van der Waals surface area (Å²) < 4.78 is 10.5. The molecule has 0 unspecified atom stereocenters. The fourth-order valence-corrected chi connectivity index (χ4v) is 3.83. The van der Waals surface area contributed by atoms with Crippen LogP contribution in [0.1, 0.15) is 23.5 Å². The predicted octanol–water partition coefficient (Wildman–Crippen LogP) is 2.58. The zero-order valence-corrected chi connectivity index (χ0v) is 15.3. The maximum absolute atomic E-state index is 5.34. The van der Waals surface area contributed by atoms with Crippen molar-refractivity contribution in [3.63, 3.8) is 0 Å². The molecule has 2 heterocycles. The molecule has 1 aromatic carbocycles. The second kappa shape index (κ2) is 7.92. The number of anilines is 1. The summed E-state index contributed by atoms with van der Waals surface area (Å²) in [6.07, 6.45) is 0. The Morgan fingerprint density at radius 1 is 1.17 bits per heavy atom. The zero-order valence-electron chi connectivity index (χ0n) is 14.4. The van der Waals surface area contributed by atoms with Gasteiger partial charge in [-0.25, -0.2) is 0 Å². The van der Waals surface area contributed by atoms with Gasteiger partial charge in [0.05, 0.1) is 7.11 Å². The van der Waals surface area contributed by atoms with Crippen LogP contribution >= 0.6 is 11.3 Å². The maximum atomic E-state index is 5.34. The summed E-state index contributed by atoms with van der Waals surface area (Å²) in [5.74, 6) is 0.914. The standard InChI is InChI=1S/C17H24N4O2S/c1-13(14-5-4-6-15(11-14)23-3)20-7-9-21(10-8-20)17-19-18-16(24-17)12-22-2/h4-6,11,13H,7-10,12H2,1-3H3/t13-/m0/s1. The van der Waals surface area contributed by atoms with Crippen molar-refractivity contribution in [2.45, 2.75) is 19.6 Å². The second-order valence-corrected chi connectivity index (χ2v) is 6.93. The minimum absolute atomic E-state index is 0.376. The van der Waals surface area contributed by atoms with Crippen LogP contribution in [-0.2, 0) is 11.3 Å². The molecule has 0 N–H and O–H groups in total. The highest BCUT2D eigenvalue weighted by atomic mass is 32.1. The van der Waals surface area contributed by atoms with Crippen molar-refractivity contribution >= 4 is 16.5 Å². The molecule has 0 saturated carbocycles. The van der Waals surface area contributed by atoms with E-state index in [0.29, 0.717) is 12.6 Å². The summed E-state index contributed by atoms with van der Waals surface area (Å²) >= 11 is 1.62. The number of benzene rings is 1. The van der Waals surface area contributed by atoms with Gasteiger partial charge in [0.25, 0.3) is 0 Å². The minimum atomic E-state index is 0.376. The highest BCUT2D eigenvalue weighted by molar-refractivity contribution is 7.15. The quantitative estimate of drug-likeness (QED) is 0.800. The van der Waals surface area contributed by atoms with Crippen LogP contribution in [0.2, 0.25) is 0 Å². The van der Waals surface area contributed by atoms with E-state index in [2.05, 4.69) is 45.1 Å². The Kier molecular flexibility index (Phi) is 5.65. The molecule has 1 saturated heterocycles. The molecule has 3 rings (SSSR count). The Balaban J connectivity index is 1.59. The van der Waals surface area contributed by atoms with Crippen LogP contribution in [0.4, 0.5) is 5.13 Å². The van der Waals surface area contributed by atoms with Crippen molar-refractivity contribution in [2.75, 3.05) is 45.3 Å². The Morgan fingerprint density at radius 3 is 2.67 bits per heavy atom. The molecule has 130 valence electrons. The van der Waals surface area contributed by atoms with Gasteiger partial charge in [0.1, 0.15) is 17.4 Å². The van der Waals surface area contributed by atoms with E-state index in [1.807, 2.05) is 6.07 Å². The lowest BCUT2D eigenvalue weighted by Gasteiger charge is -2.38. The van der Waals surface area contributed by atoms with Crippen LogP contribution in [0.5, 0.6) is 5.75 Å². The van der Waals surface area contributed by atoms with Gasteiger partial charge in [-0.15, -0.1) is 10.2 Å². The summed E-state index contributed by atoms with van der Waals surface area (Å²) in [6, 6.07) is 8.71. The van der Waals surface area contributed by atoms with E-state index in [-0.39, 0.29) is 0 Å². The molecule has 6 nitrogen and oxygen atoms in total. The summed E-state index contributed by atoms with van der Waals surface area (Å²) in [5, 5.41) is 10.4. The Labute approximate surface area is 147 Å². The first-order chi connectivity index (χ1) is 11.7. The van der Waals surface area contributed by atoms with E-state index in [4.69, 9.17) is 9.47 Å². The lowest BCUT2D eigenvalue weighted by molar-refractivity contribution is 0.184. The topological polar surface area (TPSA) is 50.7 Å². The number of rotatable bonds is 6. The van der Waals surface area contributed by atoms with Crippen molar-refractivity contribution in [3.8, 4) is 5.75 Å². The van der Waals surface area contributed by atoms with Gasteiger partial charge in [-0.3, -0.25) is 4.90 Å². The number of hydrogen-bond donors (Lipinski definition) is 0. The summed E-state index contributed by atoms with van der Waals surface area (Å²) in [4.78, 5) is 4.81. The van der Waals surface area contributed by atoms with E-state index in [9.17, 15) is 0 Å². The molecule has 1 atom stereocenters. The fraction of sp³-hybridized carbons (Fsp3) is 0.529. The monoisotopic (exact) mass is 348 g/mol. The van der Waals surface area contributed by atoms with Gasteiger partial charge in [0.15, 0.2) is 0 Å². The number of methoxy groups -OCH3 is 2. The molecule has 1 fully saturated rings. The largest absolute Gasteiger partial charge is 0.497 e. The van der Waals surface area contributed by atoms with Gasteiger partial charge in [-0.1, -0.05) is 23.5 Å². The summed E-state index contributed by atoms with van der Waals surface area (Å²) in [7, 11) is 3.39. The molecule has 0 aliphatic carbocycles. The van der Waals surface area contributed by atoms with Crippen LogP contribution < -0.4 is 9.64 Å². The smallest absolute Gasteiger partial charge is 0.208 e. The van der Waals surface area contributed by atoms with Crippen LogP contribution in [0.15, 0.2) is 24.3 Å². The molecule has 1 aliphatic heterocycles. The average Bonchev–Trinajstić information content (AvgIpc) is 3.10. The van der Waals surface area contributed by atoms with Crippen LogP contribution in [0.3, 0.4) is 0 Å². The van der Waals surface area contributed by atoms with Gasteiger partial charge in [0, 0.05) is 39.3 Å². The molecule has 0 spiro atoms. The minimum Gasteiger partial charge on any atom is -0.497 e. The lowest BCUT2D eigenvalue weighted by Crippen LogP contribution is -2.47. The molecule has 1 aromatic heterocycles. The first-order valence-electron chi connectivity index (χ1n) is 8.15. The normalized spacial score (nSPS) is 17.0. The Bertz CT molecular complexity index is 656. The molecule has 2 aromatic rings. The van der Waals surface area contributed by atoms with Gasteiger partial charge < -0.3 is 14.4 Å². The summed E-state index contributed by atoms with van der Waals surface area (Å²) in [6.45, 7) is 6.75. The number of nitrogens with zero attached hydrogens (tertiary/aromatic N) is 4. The molecular weight excluding hydrogens is 324 g/mol. The van der Waals surface area contributed by atoms with E-state index < -0.39 is 0 Å². The van der Waals surface area contributed by atoms with E-state index in [0.717, 1.165) is 42.1 Å². The first kappa shape index (κ1) is 17.1. The zero-order chi connectivity index (χ0) is 16.9. The third-order valence-electron chi connectivity index (χ3n) is 4.43. The third kappa shape index (κ3) is 3.85. The highest BCUT2D eigenvalue weighted by Gasteiger charge is 2.24. The van der Waals surface area contributed by atoms with Crippen molar-refractivity contribution in [2.24, 2.45) is 0 Å². The lowest BCUT2D eigenvalue weighted by atomic mass is 10.1. The number of ether oxygens (including phenoxy) is 2. The molecule has 1 aliphatic rings. The van der Waals surface area contributed by atoms with Crippen LogP contribution in [0.25, 0.3) is 0 Å². The molecule has 0 amide bonds. The maximum Gasteiger partial charge on any atom is 0.208 e. The number of piperazine rings is 1. The van der Waals surface area contributed by atoms with E-state index in [1.165, 1.54) is 5.56 Å². The summed E-state index contributed by atoms with van der Waals surface area (Å²) in [5.41, 5.74) is 1.29. The number of hydrogen-bond acceptors (Lipinski definition) is 7. The van der Waals surface area contributed by atoms with Crippen molar-refractivity contribution in [1.82, 2.24) is 15.1 Å². The van der Waals surface area contributed by atoms with Crippen molar-refractivity contribution in [3.05, 3.63) is 34.8 Å². The van der Waals surface area contributed by atoms with E-state index >= 15 is 0 Å². The van der Waals surface area contributed by atoms with Crippen molar-refractivity contribution < 1.29 is 9.47 Å². The predicted molar refractivity (Wildman–Crippen MR) is 95.8 cm³/mol. The fourth-order valence-electron chi connectivity index (χ4n) is 2.97. The molecule has 0 radical (unpaired) electrons. The van der Waals surface area contributed by atoms with Gasteiger partial charge >= 0.3 is 0 Å². The van der Waals surface area contributed by atoms with Crippen molar-refractivity contribution in [1.29, 1.82) is 0 Å². The number of aromatic nitrogens is 2. The molecule has 7 heteroatoms. The van der Waals surface area contributed by atoms with Gasteiger partial charge in [-0.2, -0.15) is 0 Å². The van der Waals surface area contributed by atoms with Gasteiger partial charge in [0.2, 0.25) is 5.13 Å². The highest BCUT2D eigenvalue weighted by Crippen LogP contribution is 2.27. The molecular formula is C17H24N4O2S. The van der Waals surface area contributed by atoms with Gasteiger partial charge in [-0.05, 0) is 24.6 Å². The Morgan fingerprint density at radius 2 is 1.96 bits per heavy atom. The average molecular weight is 348 g/mol. The van der Waals surface area contributed by atoms with E-state index in [1.54, 1.807) is 25.6 Å². The molecule has 24 heavy (non-hydrogen) atoms. The Hall–Kier alpha value is -1.70. The SMILES string of the molecule is COCc1nnc(N2CCN([C@@H](C)c3cccc(OC)c3)CC2)s1. The van der Waals surface area contributed by atoms with Crippen LogP contribution in [0, 0.1) is 0 Å². The second-order valence-electron chi connectivity index (χ2n) is 5.89. The molecule has 0 bridgehead atoms. The van der Waals surface area contributed by atoms with Crippen LogP contribution in [-0.4, -0.2) is 55.5 Å².